The number of anilines is 2. The molecule has 2 aromatic carbocycles. The molecule has 0 fully saturated rings. The van der Waals surface area contributed by atoms with E-state index in [4.69, 9.17) is 16.3 Å². The molecule has 0 aliphatic heterocycles. The molecular weight excluding hydrogens is 668 g/mol. The Morgan fingerprint density at radius 1 is 1.02 bits per heavy atom. The highest BCUT2D eigenvalue weighted by atomic mass is 19.1. The molecule has 0 bridgehead atoms. The number of esters is 1. The van der Waals surface area contributed by atoms with E-state index >= 15 is 0 Å². The Morgan fingerprint density at radius 2 is 1.80 bits per heavy atom. The van der Waals surface area contributed by atoms with Crippen LogP contribution in [0.5, 0.6) is 5.75 Å². The molecule has 16 nitrogen and oxygen atoms in total. The fourth-order valence-corrected chi connectivity index (χ4v) is 4.20. The van der Waals surface area contributed by atoms with Crippen molar-refractivity contribution in [3.05, 3.63) is 126 Å². The number of nitrogens with two attached hydrogens (primary N) is 2. The molecular formula is C33H29F2N11O5. The number of ether oxygens (including phenoxy) is 2. The lowest BCUT2D eigenvalue weighted by atomic mass is 10.1. The van der Waals surface area contributed by atoms with E-state index in [1.165, 1.54) is 30.6 Å². The molecule has 51 heavy (non-hydrogen) atoms. The number of allylic oxidation sites excluding steroid dienone is 3. The van der Waals surface area contributed by atoms with Crippen molar-refractivity contribution in [3.8, 4) is 17.6 Å². The number of amides is 1. The molecule has 0 aliphatic rings. The SMILES string of the molecule is COC(=O)c1cc(F)c(OCCc2cc(NC(=O)c3ccc(-n4ccnc4)nn3)c(C#N)cc2F)cc1NN.N/C(=C\C=C\C=O)n1ccnc1. The molecule has 18 heteroatoms. The first kappa shape index (κ1) is 36.6. The van der Waals surface area contributed by atoms with Crippen molar-refractivity contribution >= 4 is 35.4 Å². The maximum absolute atomic E-state index is 14.7. The number of nitrogens with one attached hydrogen (secondary N) is 2. The largest absolute Gasteiger partial charge is 0.490 e. The molecule has 5 rings (SSSR count). The van der Waals surface area contributed by atoms with E-state index in [9.17, 15) is 28.4 Å². The number of benzene rings is 2. The number of carbonyl (C=O) groups excluding carboxylic acids is 3. The minimum atomic E-state index is -0.859. The molecule has 0 radical (unpaired) electrons. The van der Waals surface area contributed by atoms with Crippen LogP contribution in [-0.2, 0) is 16.0 Å². The van der Waals surface area contributed by atoms with Crippen LogP contribution in [0.1, 0.15) is 32.0 Å². The number of nitrogens with zero attached hydrogens (tertiary/aromatic N) is 7. The molecule has 0 unspecified atom stereocenters. The van der Waals surface area contributed by atoms with Crippen molar-refractivity contribution in [2.45, 2.75) is 6.42 Å². The number of carbonyl (C=O) groups is 3. The summed E-state index contributed by atoms with van der Waals surface area (Å²) >= 11 is 0. The van der Waals surface area contributed by atoms with Crippen LogP contribution in [-0.4, -0.2) is 61.2 Å². The predicted octanol–water partition coefficient (Wildman–Crippen LogP) is 3.15. The third-order valence-corrected chi connectivity index (χ3v) is 6.73. The fourth-order valence-electron chi connectivity index (χ4n) is 4.20. The Morgan fingerprint density at radius 3 is 2.43 bits per heavy atom. The molecule has 3 aromatic heterocycles. The number of rotatable bonds is 12. The first-order valence-electron chi connectivity index (χ1n) is 14.6. The van der Waals surface area contributed by atoms with E-state index in [1.807, 2.05) is 6.07 Å². The maximum atomic E-state index is 14.7. The average Bonchev–Trinajstić information content (AvgIpc) is 3.89. The van der Waals surface area contributed by atoms with Crippen molar-refractivity contribution < 1.29 is 32.6 Å². The monoisotopic (exact) mass is 697 g/mol. The summed E-state index contributed by atoms with van der Waals surface area (Å²) in [7, 11) is 1.14. The first-order valence-corrected chi connectivity index (χ1v) is 14.6. The summed E-state index contributed by atoms with van der Waals surface area (Å²) in [5.41, 5.74) is 7.78. The van der Waals surface area contributed by atoms with Gasteiger partial charge >= 0.3 is 5.97 Å². The second-order valence-electron chi connectivity index (χ2n) is 9.95. The quantitative estimate of drug-likeness (QED) is 0.0367. The summed E-state index contributed by atoms with van der Waals surface area (Å²) < 4.78 is 42.4. The highest BCUT2D eigenvalue weighted by molar-refractivity contribution is 6.03. The summed E-state index contributed by atoms with van der Waals surface area (Å²) in [5, 5.41) is 19.8. The van der Waals surface area contributed by atoms with Crippen LogP contribution in [0.3, 0.4) is 0 Å². The minimum Gasteiger partial charge on any atom is -0.490 e. The number of nitriles is 1. The maximum Gasteiger partial charge on any atom is 0.340 e. The van der Waals surface area contributed by atoms with E-state index < -0.39 is 23.5 Å². The van der Waals surface area contributed by atoms with Gasteiger partial charge in [0.2, 0.25) is 0 Å². The highest BCUT2D eigenvalue weighted by Gasteiger charge is 2.18. The van der Waals surface area contributed by atoms with Crippen molar-refractivity contribution in [2.75, 3.05) is 24.5 Å². The number of aromatic nitrogens is 6. The van der Waals surface area contributed by atoms with Gasteiger partial charge in [-0.2, -0.15) is 5.26 Å². The number of halogens is 2. The lowest BCUT2D eigenvalue weighted by Gasteiger charge is -2.13. The van der Waals surface area contributed by atoms with Gasteiger partial charge in [-0.25, -0.2) is 23.5 Å². The van der Waals surface area contributed by atoms with Crippen LogP contribution in [0, 0.1) is 23.0 Å². The van der Waals surface area contributed by atoms with Crippen LogP contribution >= 0.6 is 0 Å². The van der Waals surface area contributed by atoms with Gasteiger partial charge in [-0.3, -0.25) is 24.6 Å². The molecule has 0 atom stereocenters. The third-order valence-electron chi connectivity index (χ3n) is 6.73. The normalized spacial score (nSPS) is 10.8. The van der Waals surface area contributed by atoms with Crippen LogP contribution in [0.2, 0.25) is 0 Å². The number of nitrogen functional groups attached to an aromatic ring is 1. The van der Waals surface area contributed by atoms with Gasteiger partial charge in [-0.05, 0) is 48.0 Å². The van der Waals surface area contributed by atoms with Gasteiger partial charge in [0.1, 0.15) is 36.6 Å². The zero-order valence-electron chi connectivity index (χ0n) is 26.7. The second kappa shape index (κ2) is 17.8. The molecule has 0 aliphatic carbocycles. The van der Waals surface area contributed by atoms with Gasteiger partial charge in [-0.1, -0.05) is 6.08 Å². The van der Waals surface area contributed by atoms with Gasteiger partial charge in [0.05, 0.1) is 36.2 Å². The molecule has 3 heterocycles. The highest BCUT2D eigenvalue weighted by Crippen LogP contribution is 2.27. The summed E-state index contributed by atoms with van der Waals surface area (Å²) in [6, 6.07) is 9.15. The van der Waals surface area contributed by atoms with Gasteiger partial charge in [0, 0.05) is 37.3 Å². The van der Waals surface area contributed by atoms with Crippen LogP contribution in [0.4, 0.5) is 20.2 Å². The number of aldehydes is 1. The first-order chi connectivity index (χ1) is 24.7. The van der Waals surface area contributed by atoms with Gasteiger partial charge in [0.25, 0.3) is 5.91 Å². The average molecular weight is 698 g/mol. The number of hydrazine groups is 1. The minimum absolute atomic E-state index is 0.0350. The lowest BCUT2D eigenvalue weighted by molar-refractivity contribution is -0.104. The molecule has 1 amide bonds. The molecule has 0 saturated carbocycles. The van der Waals surface area contributed by atoms with E-state index in [0.717, 1.165) is 19.2 Å². The summed E-state index contributed by atoms with van der Waals surface area (Å²) in [6.07, 6.45) is 14.9. The molecule has 260 valence electrons. The Labute approximate surface area is 288 Å². The van der Waals surface area contributed by atoms with E-state index in [2.05, 4.69) is 35.6 Å². The van der Waals surface area contributed by atoms with E-state index in [1.54, 1.807) is 58.5 Å². The van der Waals surface area contributed by atoms with E-state index in [0.29, 0.717) is 17.9 Å². The predicted molar refractivity (Wildman–Crippen MR) is 179 cm³/mol. The lowest BCUT2D eigenvalue weighted by Crippen LogP contribution is -2.16. The summed E-state index contributed by atoms with van der Waals surface area (Å²) in [6.45, 7) is -0.185. The van der Waals surface area contributed by atoms with Crippen molar-refractivity contribution in [3.63, 3.8) is 0 Å². The Bertz CT molecular complexity index is 2080. The molecule has 6 N–H and O–H groups in total. The van der Waals surface area contributed by atoms with Crippen molar-refractivity contribution in [1.29, 1.82) is 5.26 Å². The van der Waals surface area contributed by atoms with Gasteiger partial charge < -0.3 is 25.9 Å². The number of hydrogen-bond donors (Lipinski definition) is 4. The van der Waals surface area contributed by atoms with Crippen LogP contribution in [0.15, 0.2) is 92.1 Å². The molecule has 0 spiro atoms. The topological polar surface area (TPSA) is 231 Å². The van der Waals surface area contributed by atoms with Crippen molar-refractivity contribution in [2.24, 2.45) is 11.6 Å². The fraction of sp³-hybridized carbons (Fsp3) is 0.0909. The van der Waals surface area contributed by atoms with E-state index in [-0.39, 0.29) is 52.5 Å². The van der Waals surface area contributed by atoms with Crippen molar-refractivity contribution in [1.82, 2.24) is 29.3 Å². The Hall–Kier alpha value is -7.26. The zero-order chi connectivity index (χ0) is 36.8. The summed E-state index contributed by atoms with van der Waals surface area (Å²) in [4.78, 5) is 42.1. The standard InChI is InChI=1S/C25H20F2N8O4.C8H9N3O/c1-38-25(37)16-10-18(27)22(11-21(16)32-29)39-7-4-14-9-20(15(12-28)8-17(14)26)31-24(36)19-2-3-23(34-33-19)35-6-5-30-13-35;9-8(3-1-2-6-12)11-5-4-10-7-11/h2-3,5-6,8-11,13,32H,4,7,29H2,1H3,(H,31,36);1-7H,9H2/b;2-1+,8-3+. The van der Waals surface area contributed by atoms with Crippen LogP contribution in [0.25, 0.3) is 11.6 Å². The Kier molecular flexibility index (Phi) is 12.7. The third kappa shape index (κ3) is 9.65. The number of methoxy groups -OCH3 is 1. The Balaban J connectivity index is 0.000000411. The molecule has 0 saturated heterocycles. The summed E-state index contributed by atoms with van der Waals surface area (Å²) in [5.74, 6) is 3.07. The van der Waals surface area contributed by atoms with Crippen LogP contribution < -0.4 is 27.1 Å². The van der Waals surface area contributed by atoms with Gasteiger partial charge in [-0.15, -0.1) is 10.2 Å². The number of imidazole rings is 2. The zero-order valence-corrected chi connectivity index (χ0v) is 26.7. The second-order valence-corrected chi connectivity index (χ2v) is 9.95. The molecule has 5 aromatic rings. The number of hydrogen-bond acceptors (Lipinski definition) is 13. The van der Waals surface area contributed by atoms with Gasteiger partial charge in [0.15, 0.2) is 23.1 Å². The smallest absolute Gasteiger partial charge is 0.340 e.